The maximum absolute atomic E-state index is 13.5. The third-order valence-corrected chi connectivity index (χ3v) is 5.75. The molecule has 2 amide bonds. The van der Waals surface area contributed by atoms with Crippen LogP contribution in [-0.2, 0) is 0 Å². The Morgan fingerprint density at radius 2 is 1.93 bits per heavy atom. The first-order valence-corrected chi connectivity index (χ1v) is 9.22. The number of urea groups is 1. The summed E-state index contributed by atoms with van der Waals surface area (Å²) < 4.78 is 13.5. The number of hydrogen-bond donors (Lipinski definition) is 1. The molecule has 1 N–H and O–H groups in total. The molecule has 132 valence electrons. The van der Waals surface area contributed by atoms with Gasteiger partial charge in [-0.25, -0.2) is 24.1 Å². The van der Waals surface area contributed by atoms with E-state index in [-0.39, 0.29) is 11.1 Å². The molecule has 0 saturated heterocycles. The Labute approximate surface area is 162 Å². The van der Waals surface area contributed by atoms with Gasteiger partial charge in [0.15, 0.2) is 5.82 Å². The number of carbonyl (C=O) groups is 1. The van der Waals surface area contributed by atoms with E-state index in [0.717, 1.165) is 20.7 Å². The second-order valence-corrected chi connectivity index (χ2v) is 7.32. The van der Waals surface area contributed by atoms with Gasteiger partial charge >= 0.3 is 6.03 Å². The number of nitrogens with zero attached hydrogens (tertiary/aromatic N) is 3. The Hall–Kier alpha value is -3.03. The SMILES string of the molecule is O=C1Nc2c(-c3ccccc3)sc3ncnc(c23)N1c1ccc(F)c(Cl)c1. The Kier molecular flexibility index (Phi) is 3.60. The van der Waals surface area contributed by atoms with Crippen LogP contribution in [0.1, 0.15) is 0 Å². The highest BCUT2D eigenvalue weighted by molar-refractivity contribution is 7.22. The smallest absolute Gasteiger partial charge is 0.305 e. The van der Waals surface area contributed by atoms with Gasteiger partial charge in [0.05, 0.1) is 26.7 Å². The number of thiophene rings is 1. The molecule has 0 fully saturated rings. The largest absolute Gasteiger partial charge is 0.332 e. The molecule has 5 rings (SSSR count). The number of hydrogen-bond acceptors (Lipinski definition) is 4. The standard InChI is InChI=1S/C19H10ClFN4OS/c20-12-8-11(6-7-13(12)21)25-17-14-15(24-19(25)26)16(10-4-2-1-3-5-10)27-18(14)23-9-22-17/h1-9H,(H,24,26). The average Bonchev–Trinajstić information content (AvgIpc) is 3.05. The van der Waals surface area contributed by atoms with Crippen molar-refractivity contribution in [3.8, 4) is 10.4 Å². The van der Waals surface area contributed by atoms with Gasteiger partial charge in [-0.3, -0.25) is 0 Å². The molecular weight excluding hydrogens is 387 g/mol. The second-order valence-electron chi connectivity index (χ2n) is 5.91. The van der Waals surface area contributed by atoms with Crippen molar-refractivity contribution in [2.75, 3.05) is 10.2 Å². The zero-order valence-electron chi connectivity index (χ0n) is 13.6. The van der Waals surface area contributed by atoms with Crippen LogP contribution in [0.15, 0.2) is 54.9 Å². The summed E-state index contributed by atoms with van der Waals surface area (Å²) in [5.41, 5.74) is 2.10. The van der Waals surface area contributed by atoms with Gasteiger partial charge in [0.1, 0.15) is 17.0 Å². The number of halogens is 2. The average molecular weight is 397 g/mol. The van der Waals surface area contributed by atoms with Crippen LogP contribution in [0.2, 0.25) is 5.02 Å². The van der Waals surface area contributed by atoms with Crippen molar-refractivity contribution in [2.45, 2.75) is 0 Å². The molecule has 1 aliphatic heterocycles. The highest BCUT2D eigenvalue weighted by Gasteiger charge is 2.32. The van der Waals surface area contributed by atoms with Gasteiger partial charge in [0.25, 0.3) is 0 Å². The van der Waals surface area contributed by atoms with E-state index in [4.69, 9.17) is 11.6 Å². The summed E-state index contributed by atoms with van der Waals surface area (Å²) in [4.78, 5) is 24.6. The van der Waals surface area contributed by atoms with Gasteiger partial charge in [0, 0.05) is 0 Å². The zero-order valence-corrected chi connectivity index (χ0v) is 15.2. The molecule has 2 aromatic heterocycles. The number of carbonyl (C=O) groups excluding carboxylic acids is 1. The van der Waals surface area contributed by atoms with Gasteiger partial charge in [-0.15, -0.1) is 11.3 Å². The molecule has 4 aromatic rings. The van der Waals surface area contributed by atoms with Crippen LogP contribution in [0.5, 0.6) is 0 Å². The lowest BCUT2D eigenvalue weighted by Crippen LogP contribution is -2.34. The van der Waals surface area contributed by atoms with Crippen molar-refractivity contribution in [3.63, 3.8) is 0 Å². The lowest BCUT2D eigenvalue weighted by Gasteiger charge is -2.27. The van der Waals surface area contributed by atoms with E-state index in [9.17, 15) is 9.18 Å². The van der Waals surface area contributed by atoms with E-state index in [0.29, 0.717) is 17.2 Å². The van der Waals surface area contributed by atoms with Crippen molar-refractivity contribution in [1.82, 2.24) is 9.97 Å². The van der Waals surface area contributed by atoms with Crippen LogP contribution >= 0.6 is 22.9 Å². The highest BCUT2D eigenvalue weighted by Crippen LogP contribution is 2.48. The summed E-state index contributed by atoms with van der Waals surface area (Å²) in [6, 6.07) is 13.5. The lowest BCUT2D eigenvalue weighted by atomic mass is 10.1. The molecule has 5 nitrogen and oxygen atoms in total. The maximum Gasteiger partial charge on any atom is 0.332 e. The van der Waals surface area contributed by atoms with Gasteiger partial charge in [-0.05, 0) is 23.8 Å². The van der Waals surface area contributed by atoms with E-state index in [1.54, 1.807) is 0 Å². The number of benzene rings is 2. The van der Waals surface area contributed by atoms with Crippen LogP contribution in [0.25, 0.3) is 20.7 Å². The number of anilines is 3. The summed E-state index contributed by atoms with van der Waals surface area (Å²) in [5, 5.41) is 3.62. The minimum atomic E-state index is -0.548. The number of amides is 2. The van der Waals surface area contributed by atoms with E-state index in [2.05, 4.69) is 15.3 Å². The third kappa shape index (κ3) is 2.47. The summed E-state index contributed by atoms with van der Waals surface area (Å²) in [6.45, 7) is 0. The summed E-state index contributed by atoms with van der Waals surface area (Å²) in [6.07, 6.45) is 1.42. The molecule has 0 atom stereocenters. The normalized spacial score (nSPS) is 13.1. The molecule has 27 heavy (non-hydrogen) atoms. The fourth-order valence-corrected chi connectivity index (χ4v) is 4.39. The lowest BCUT2D eigenvalue weighted by molar-refractivity contribution is 0.258. The predicted molar refractivity (Wildman–Crippen MR) is 105 cm³/mol. The summed E-state index contributed by atoms with van der Waals surface area (Å²) in [7, 11) is 0. The zero-order chi connectivity index (χ0) is 18.5. The Morgan fingerprint density at radius 1 is 1.11 bits per heavy atom. The molecule has 0 radical (unpaired) electrons. The van der Waals surface area contributed by atoms with Gasteiger partial charge in [0.2, 0.25) is 0 Å². The number of rotatable bonds is 2. The molecule has 0 aliphatic carbocycles. The van der Waals surface area contributed by atoms with Crippen LogP contribution < -0.4 is 10.2 Å². The molecule has 8 heteroatoms. The van der Waals surface area contributed by atoms with E-state index < -0.39 is 5.82 Å². The summed E-state index contributed by atoms with van der Waals surface area (Å²) in [5.74, 6) is -0.104. The number of nitrogens with one attached hydrogen (secondary N) is 1. The molecule has 3 heterocycles. The van der Waals surface area contributed by atoms with Gasteiger partial charge in [-0.1, -0.05) is 41.9 Å². The third-order valence-electron chi connectivity index (χ3n) is 4.31. The predicted octanol–water partition coefficient (Wildman–Crippen LogP) is 5.83. The quantitative estimate of drug-likeness (QED) is 0.463. The number of aromatic nitrogens is 2. The first kappa shape index (κ1) is 16.2. The Morgan fingerprint density at radius 3 is 2.70 bits per heavy atom. The van der Waals surface area contributed by atoms with Crippen LogP contribution in [-0.4, -0.2) is 16.0 Å². The van der Waals surface area contributed by atoms with Crippen LogP contribution in [0.4, 0.5) is 26.4 Å². The van der Waals surface area contributed by atoms with Crippen molar-refractivity contribution in [1.29, 1.82) is 0 Å². The van der Waals surface area contributed by atoms with Crippen molar-refractivity contribution < 1.29 is 9.18 Å². The first-order chi connectivity index (χ1) is 13.1. The first-order valence-electron chi connectivity index (χ1n) is 8.02. The van der Waals surface area contributed by atoms with Gasteiger partial charge in [-0.2, -0.15) is 0 Å². The molecule has 0 spiro atoms. The Balaban J connectivity index is 1.76. The van der Waals surface area contributed by atoms with Crippen LogP contribution in [0.3, 0.4) is 0 Å². The van der Waals surface area contributed by atoms with E-state index >= 15 is 0 Å². The monoisotopic (exact) mass is 396 g/mol. The second kappa shape index (κ2) is 6.00. The maximum atomic E-state index is 13.5. The highest BCUT2D eigenvalue weighted by atomic mass is 35.5. The summed E-state index contributed by atoms with van der Waals surface area (Å²) >= 11 is 7.39. The fourth-order valence-electron chi connectivity index (χ4n) is 3.12. The van der Waals surface area contributed by atoms with Gasteiger partial charge < -0.3 is 5.32 Å². The van der Waals surface area contributed by atoms with Crippen molar-refractivity contribution in [2.24, 2.45) is 0 Å². The molecule has 0 unspecified atom stereocenters. The molecule has 2 aromatic carbocycles. The molecular formula is C19H10ClFN4OS. The molecule has 0 bridgehead atoms. The molecule has 1 aliphatic rings. The Bertz CT molecular complexity index is 1210. The van der Waals surface area contributed by atoms with Crippen molar-refractivity contribution >= 4 is 56.4 Å². The van der Waals surface area contributed by atoms with Crippen LogP contribution in [0, 0.1) is 5.82 Å². The minimum Gasteiger partial charge on any atom is -0.305 e. The minimum absolute atomic E-state index is 0.0632. The van der Waals surface area contributed by atoms with Crippen molar-refractivity contribution in [3.05, 3.63) is 65.7 Å². The fraction of sp³-hybridized carbons (Fsp3) is 0. The van der Waals surface area contributed by atoms with E-state index in [1.165, 1.54) is 40.8 Å². The van der Waals surface area contributed by atoms with E-state index in [1.807, 2.05) is 30.3 Å². The topological polar surface area (TPSA) is 58.1 Å². The molecule has 0 saturated carbocycles.